The van der Waals surface area contributed by atoms with E-state index in [4.69, 9.17) is 0 Å². The molecular formula is C18H18N2OS. The molecule has 0 saturated carbocycles. The van der Waals surface area contributed by atoms with Crippen molar-refractivity contribution in [2.75, 3.05) is 11.4 Å². The van der Waals surface area contributed by atoms with E-state index in [1.54, 1.807) is 11.3 Å². The standard InChI is InChI=1S/C18H18N2OS/c1-2-3-13-20(14-9-5-4-6-10-14)18-19-17(21)15-11-7-8-12-16(15)22-18/h4-12H,2-3,13H2,1H3. The minimum atomic E-state index is -0.151. The summed E-state index contributed by atoms with van der Waals surface area (Å²) < 4.78 is 0.981. The van der Waals surface area contributed by atoms with Crippen LogP contribution in [0.25, 0.3) is 10.1 Å². The number of aromatic nitrogens is 1. The van der Waals surface area contributed by atoms with E-state index in [9.17, 15) is 4.79 Å². The Morgan fingerprint density at radius 3 is 2.55 bits per heavy atom. The number of nitrogens with zero attached hydrogens (tertiary/aromatic N) is 2. The van der Waals surface area contributed by atoms with Gasteiger partial charge in [-0.1, -0.05) is 55.0 Å². The highest BCUT2D eigenvalue weighted by atomic mass is 32.1. The van der Waals surface area contributed by atoms with E-state index in [1.807, 2.05) is 42.5 Å². The van der Waals surface area contributed by atoms with Crippen LogP contribution in [0, 0.1) is 0 Å². The summed E-state index contributed by atoms with van der Waals surface area (Å²) in [7, 11) is 0. The van der Waals surface area contributed by atoms with E-state index in [0.29, 0.717) is 5.39 Å². The first-order valence-electron chi connectivity index (χ1n) is 7.52. The molecule has 0 aliphatic heterocycles. The van der Waals surface area contributed by atoms with E-state index in [0.717, 1.165) is 34.9 Å². The van der Waals surface area contributed by atoms with Crippen molar-refractivity contribution in [2.24, 2.45) is 0 Å². The molecule has 0 bridgehead atoms. The fourth-order valence-electron chi connectivity index (χ4n) is 2.38. The molecule has 0 fully saturated rings. The smallest absolute Gasteiger partial charge is 0.281 e. The van der Waals surface area contributed by atoms with Crippen LogP contribution >= 0.6 is 11.3 Å². The van der Waals surface area contributed by atoms with Crippen LogP contribution < -0.4 is 10.5 Å². The Morgan fingerprint density at radius 2 is 1.77 bits per heavy atom. The molecule has 1 heterocycles. The summed E-state index contributed by atoms with van der Waals surface area (Å²) in [6.07, 6.45) is 2.16. The average molecular weight is 310 g/mol. The molecule has 112 valence electrons. The van der Waals surface area contributed by atoms with Gasteiger partial charge in [-0.05, 0) is 30.7 Å². The third-order valence-electron chi connectivity index (χ3n) is 3.55. The van der Waals surface area contributed by atoms with Crippen molar-refractivity contribution in [3.8, 4) is 0 Å². The number of anilines is 2. The van der Waals surface area contributed by atoms with Crippen molar-refractivity contribution in [1.82, 2.24) is 4.98 Å². The molecule has 4 heteroatoms. The van der Waals surface area contributed by atoms with Gasteiger partial charge in [0.15, 0.2) is 5.13 Å². The molecule has 0 aliphatic rings. The van der Waals surface area contributed by atoms with Gasteiger partial charge in [0.2, 0.25) is 0 Å². The first kappa shape index (κ1) is 14.7. The van der Waals surface area contributed by atoms with Crippen molar-refractivity contribution in [2.45, 2.75) is 19.8 Å². The molecule has 0 unspecified atom stereocenters. The lowest BCUT2D eigenvalue weighted by atomic mass is 10.2. The van der Waals surface area contributed by atoms with E-state index < -0.39 is 0 Å². The van der Waals surface area contributed by atoms with Gasteiger partial charge in [0.1, 0.15) is 0 Å². The summed E-state index contributed by atoms with van der Waals surface area (Å²) in [5.41, 5.74) is 0.927. The summed E-state index contributed by atoms with van der Waals surface area (Å²) >= 11 is 1.57. The Kier molecular flexibility index (Phi) is 4.49. The fraction of sp³-hybridized carbons (Fsp3) is 0.222. The predicted molar refractivity (Wildman–Crippen MR) is 94.2 cm³/mol. The maximum atomic E-state index is 12.3. The second-order valence-electron chi connectivity index (χ2n) is 5.14. The molecule has 3 nitrogen and oxygen atoms in total. The molecule has 0 spiro atoms. The number of benzene rings is 2. The number of hydrogen-bond donors (Lipinski definition) is 0. The lowest BCUT2D eigenvalue weighted by Gasteiger charge is -2.22. The Bertz CT molecular complexity index is 814. The molecule has 1 aromatic heterocycles. The second-order valence-corrected chi connectivity index (χ2v) is 6.15. The normalized spacial score (nSPS) is 10.8. The molecule has 2 aromatic carbocycles. The topological polar surface area (TPSA) is 33.2 Å². The highest BCUT2D eigenvalue weighted by Crippen LogP contribution is 2.29. The maximum absolute atomic E-state index is 12.3. The molecule has 22 heavy (non-hydrogen) atoms. The maximum Gasteiger partial charge on any atom is 0.281 e. The van der Waals surface area contributed by atoms with Gasteiger partial charge in [0.25, 0.3) is 5.56 Å². The quantitative estimate of drug-likeness (QED) is 0.691. The number of para-hydroxylation sites is 1. The first-order valence-corrected chi connectivity index (χ1v) is 8.33. The van der Waals surface area contributed by atoms with E-state index in [2.05, 4.69) is 28.9 Å². The highest BCUT2D eigenvalue weighted by Gasteiger charge is 2.13. The lowest BCUT2D eigenvalue weighted by molar-refractivity contribution is 0.783. The molecule has 0 atom stereocenters. The average Bonchev–Trinajstić information content (AvgIpc) is 2.56. The summed E-state index contributed by atoms with van der Waals surface area (Å²) in [5.74, 6) is 0. The van der Waals surface area contributed by atoms with E-state index in [-0.39, 0.29) is 5.56 Å². The zero-order valence-corrected chi connectivity index (χ0v) is 13.3. The van der Waals surface area contributed by atoms with Crippen LogP contribution in [0.5, 0.6) is 0 Å². The van der Waals surface area contributed by atoms with Gasteiger partial charge >= 0.3 is 0 Å². The van der Waals surface area contributed by atoms with Crippen molar-refractivity contribution < 1.29 is 0 Å². The summed E-state index contributed by atoms with van der Waals surface area (Å²) in [6.45, 7) is 3.03. The third-order valence-corrected chi connectivity index (χ3v) is 4.62. The summed E-state index contributed by atoms with van der Waals surface area (Å²) in [4.78, 5) is 18.7. The van der Waals surface area contributed by atoms with Gasteiger partial charge in [-0.15, -0.1) is 0 Å². The van der Waals surface area contributed by atoms with Crippen LogP contribution in [0.3, 0.4) is 0 Å². The Balaban J connectivity index is 2.09. The SMILES string of the molecule is CCCCN(c1ccccc1)c1nc(=O)c2ccccc2s1. The summed E-state index contributed by atoms with van der Waals surface area (Å²) in [5, 5.41) is 1.46. The van der Waals surface area contributed by atoms with Gasteiger partial charge in [0, 0.05) is 16.9 Å². The Hall–Kier alpha value is -2.20. The van der Waals surface area contributed by atoms with E-state index in [1.165, 1.54) is 0 Å². The van der Waals surface area contributed by atoms with Crippen LogP contribution in [0.1, 0.15) is 19.8 Å². The third kappa shape index (κ3) is 3.02. The van der Waals surface area contributed by atoms with Crippen molar-refractivity contribution in [1.29, 1.82) is 0 Å². The van der Waals surface area contributed by atoms with Gasteiger partial charge in [-0.25, -0.2) is 0 Å². The molecule has 0 N–H and O–H groups in total. The molecular weight excluding hydrogens is 292 g/mol. The van der Waals surface area contributed by atoms with Crippen molar-refractivity contribution >= 4 is 32.2 Å². The van der Waals surface area contributed by atoms with Gasteiger partial charge in [0.05, 0.1) is 5.39 Å². The van der Waals surface area contributed by atoms with Gasteiger partial charge in [-0.3, -0.25) is 4.79 Å². The lowest BCUT2D eigenvalue weighted by Crippen LogP contribution is -2.21. The van der Waals surface area contributed by atoms with E-state index >= 15 is 0 Å². The molecule has 0 saturated heterocycles. The van der Waals surface area contributed by atoms with Gasteiger partial charge < -0.3 is 4.90 Å². The van der Waals surface area contributed by atoms with Crippen molar-refractivity contribution in [3.63, 3.8) is 0 Å². The number of rotatable bonds is 5. The molecule has 3 aromatic rings. The highest BCUT2D eigenvalue weighted by molar-refractivity contribution is 7.21. The zero-order chi connectivity index (χ0) is 15.4. The van der Waals surface area contributed by atoms with Crippen LogP contribution in [0.2, 0.25) is 0 Å². The number of hydrogen-bond acceptors (Lipinski definition) is 4. The van der Waals surface area contributed by atoms with Crippen LogP contribution in [-0.4, -0.2) is 11.5 Å². The van der Waals surface area contributed by atoms with Crippen molar-refractivity contribution in [3.05, 3.63) is 65.0 Å². The van der Waals surface area contributed by atoms with Crippen LogP contribution in [-0.2, 0) is 0 Å². The fourth-order valence-corrected chi connectivity index (χ4v) is 3.42. The van der Waals surface area contributed by atoms with Gasteiger partial charge in [-0.2, -0.15) is 4.98 Å². The Labute approximate surface area is 133 Å². The second kappa shape index (κ2) is 6.71. The molecule has 0 amide bonds. The number of fused-ring (bicyclic) bond motifs is 1. The minimum absolute atomic E-state index is 0.151. The molecule has 0 aliphatic carbocycles. The molecule has 3 rings (SSSR count). The zero-order valence-electron chi connectivity index (χ0n) is 12.5. The minimum Gasteiger partial charge on any atom is -0.318 e. The Morgan fingerprint density at radius 1 is 1.05 bits per heavy atom. The summed E-state index contributed by atoms with van der Waals surface area (Å²) in [6, 6.07) is 17.8. The monoisotopic (exact) mass is 310 g/mol. The number of unbranched alkanes of at least 4 members (excludes halogenated alkanes) is 1. The first-order chi connectivity index (χ1) is 10.8. The predicted octanol–water partition coefficient (Wildman–Crippen LogP) is 4.59. The van der Waals surface area contributed by atoms with Crippen LogP contribution in [0.15, 0.2) is 59.4 Å². The van der Waals surface area contributed by atoms with Crippen LogP contribution in [0.4, 0.5) is 10.8 Å². The molecule has 0 radical (unpaired) electrons. The largest absolute Gasteiger partial charge is 0.318 e.